The molecule has 3 rings (SSSR count). The second-order valence-corrected chi connectivity index (χ2v) is 6.49. The van der Waals surface area contributed by atoms with Crippen molar-refractivity contribution < 1.29 is 14.3 Å². The highest BCUT2D eigenvalue weighted by molar-refractivity contribution is 5.86. The lowest BCUT2D eigenvalue weighted by atomic mass is 9.99. The first-order chi connectivity index (χ1) is 13.7. The lowest BCUT2D eigenvalue weighted by Gasteiger charge is -2.15. The Morgan fingerprint density at radius 3 is 2.53 bits per heavy atom. The number of hydrogen-bond acceptors (Lipinski definition) is 5. The number of nitrogens with one attached hydrogen (secondary N) is 1. The third-order valence-corrected chi connectivity index (χ3v) is 4.54. The quantitative estimate of drug-likeness (QED) is 0.490. The zero-order valence-electron chi connectivity index (χ0n) is 17.4. The van der Waals surface area contributed by atoms with Crippen LogP contribution in [0.2, 0.25) is 0 Å². The Morgan fingerprint density at radius 1 is 1.07 bits per heavy atom. The van der Waals surface area contributed by atoms with E-state index in [0.29, 0.717) is 13.2 Å². The van der Waals surface area contributed by atoms with Crippen molar-refractivity contribution in [3.8, 4) is 17.0 Å². The van der Waals surface area contributed by atoms with Gasteiger partial charge in [-0.3, -0.25) is 4.79 Å². The number of para-hydroxylation sites is 1. The monoisotopic (exact) mass is 450 g/mol. The third kappa shape index (κ3) is 6.08. The zero-order chi connectivity index (χ0) is 19.9. The Balaban J connectivity index is 0.00000225. The van der Waals surface area contributed by atoms with Gasteiger partial charge in [-0.25, -0.2) is 4.98 Å². The first kappa shape index (κ1) is 25.7. The molecule has 30 heavy (non-hydrogen) atoms. The number of esters is 1. The van der Waals surface area contributed by atoms with Crippen LogP contribution >= 0.6 is 24.8 Å². The van der Waals surface area contributed by atoms with Crippen LogP contribution in [-0.2, 0) is 22.5 Å². The van der Waals surface area contributed by atoms with E-state index < -0.39 is 0 Å². The molecule has 0 bridgehead atoms. The fourth-order valence-electron chi connectivity index (χ4n) is 3.22. The highest BCUT2D eigenvalue weighted by Gasteiger charge is 2.16. The summed E-state index contributed by atoms with van der Waals surface area (Å²) >= 11 is 0. The van der Waals surface area contributed by atoms with Gasteiger partial charge in [0, 0.05) is 17.5 Å². The van der Waals surface area contributed by atoms with Crippen molar-refractivity contribution in [3.05, 3.63) is 59.7 Å². The van der Waals surface area contributed by atoms with Crippen molar-refractivity contribution >= 4 is 41.7 Å². The number of carbonyl (C=O) groups is 1. The number of methoxy groups -OCH3 is 1. The molecule has 0 unspecified atom stereocenters. The van der Waals surface area contributed by atoms with Gasteiger partial charge in [0.2, 0.25) is 0 Å². The highest BCUT2D eigenvalue weighted by Crippen LogP contribution is 2.34. The predicted octanol–water partition coefficient (Wildman–Crippen LogP) is 4.97. The number of halogens is 2. The molecule has 0 aliphatic rings. The van der Waals surface area contributed by atoms with Crippen LogP contribution in [0.4, 0.5) is 0 Å². The van der Waals surface area contributed by atoms with Crippen molar-refractivity contribution in [2.24, 2.45) is 0 Å². The fraction of sp³-hybridized carbons (Fsp3) is 0.304. The zero-order valence-corrected chi connectivity index (χ0v) is 19.1. The number of rotatable bonds is 8. The summed E-state index contributed by atoms with van der Waals surface area (Å²) in [6.45, 7) is 5.83. The number of hydrogen-bond donors (Lipinski definition) is 1. The molecule has 0 amide bonds. The normalized spacial score (nSPS) is 10.1. The van der Waals surface area contributed by atoms with E-state index in [2.05, 4.69) is 24.4 Å². The number of pyridine rings is 1. The summed E-state index contributed by atoms with van der Waals surface area (Å²) in [7, 11) is 1.65. The van der Waals surface area contributed by atoms with Crippen LogP contribution in [0.25, 0.3) is 22.2 Å². The molecule has 0 aliphatic carbocycles. The van der Waals surface area contributed by atoms with Gasteiger partial charge in [0.1, 0.15) is 5.75 Å². The van der Waals surface area contributed by atoms with E-state index in [-0.39, 0.29) is 37.2 Å². The largest absolute Gasteiger partial charge is 0.496 e. The van der Waals surface area contributed by atoms with Gasteiger partial charge < -0.3 is 14.8 Å². The van der Waals surface area contributed by atoms with E-state index in [9.17, 15) is 4.79 Å². The summed E-state index contributed by atoms with van der Waals surface area (Å²) in [6.07, 6.45) is 0.223. The Hall–Kier alpha value is -2.34. The van der Waals surface area contributed by atoms with Crippen molar-refractivity contribution in [1.29, 1.82) is 0 Å². The smallest absolute Gasteiger partial charge is 0.310 e. The Kier molecular flexibility index (Phi) is 10.6. The molecule has 1 aromatic heterocycles. The Morgan fingerprint density at radius 2 is 1.83 bits per heavy atom. The maximum Gasteiger partial charge on any atom is 0.310 e. The molecular formula is C23H28Cl2N2O3. The minimum atomic E-state index is -0.238. The van der Waals surface area contributed by atoms with Crippen LogP contribution < -0.4 is 10.1 Å². The van der Waals surface area contributed by atoms with Crippen LogP contribution in [0, 0.1) is 0 Å². The van der Waals surface area contributed by atoms with E-state index >= 15 is 0 Å². The standard InChI is InChI=1S/C23H26N2O3.2ClH/c1-4-24-15-18-14-17-8-6-7-9-20(17)25-23(18)19-12-16(10-11-21(19)27-3)13-22(26)28-5-2;;/h6-12,14,24H,4-5,13,15H2,1-3H3;2*1H. The van der Waals surface area contributed by atoms with Gasteiger partial charge in [0.05, 0.1) is 31.3 Å². The number of aromatic nitrogens is 1. The van der Waals surface area contributed by atoms with E-state index in [1.165, 1.54) is 0 Å². The lowest BCUT2D eigenvalue weighted by Crippen LogP contribution is -2.13. The first-order valence-corrected chi connectivity index (χ1v) is 9.58. The minimum absolute atomic E-state index is 0. The summed E-state index contributed by atoms with van der Waals surface area (Å²) in [5, 5.41) is 4.48. The van der Waals surface area contributed by atoms with Crippen molar-refractivity contribution in [2.45, 2.75) is 26.8 Å². The molecule has 1 heterocycles. The van der Waals surface area contributed by atoms with Gasteiger partial charge >= 0.3 is 5.97 Å². The van der Waals surface area contributed by atoms with Crippen LogP contribution in [0.3, 0.4) is 0 Å². The van der Waals surface area contributed by atoms with Gasteiger partial charge in [0.15, 0.2) is 0 Å². The Labute approximate surface area is 190 Å². The van der Waals surface area contributed by atoms with Crippen LogP contribution in [-0.4, -0.2) is 31.2 Å². The van der Waals surface area contributed by atoms with E-state index in [1.54, 1.807) is 7.11 Å². The van der Waals surface area contributed by atoms with Crippen molar-refractivity contribution in [1.82, 2.24) is 10.3 Å². The van der Waals surface area contributed by atoms with Crippen molar-refractivity contribution in [3.63, 3.8) is 0 Å². The van der Waals surface area contributed by atoms with Gasteiger partial charge in [0.25, 0.3) is 0 Å². The maximum atomic E-state index is 11.9. The second kappa shape index (κ2) is 12.4. The topological polar surface area (TPSA) is 60.5 Å². The molecule has 5 nitrogen and oxygen atoms in total. The third-order valence-electron chi connectivity index (χ3n) is 4.54. The fourth-order valence-corrected chi connectivity index (χ4v) is 3.22. The summed E-state index contributed by atoms with van der Waals surface area (Å²) in [5.74, 6) is 0.492. The molecule has 0 fully saturated rings. The molecule has 1 N–H and O–H groups in total. The van der Waals surface area contributed by atoms with Crippen LogP contribution in [0.5, 0.6) is 5.75 Å². The molecule has 7 heteroatoms. The molecule has 0 aliphatic heterocycles. The van der Waals surface area contributed by atoms with E-state index in [0.717, 1.165) is 45.6 Å². The first-order valence-electron chi connectivity index (χ1n) is 9.58. The molecule has 0 saturated heterocycles. The second-order valence-electron chi connectivity index (χ2n) is 6.49. The Bertz CT molecular complexity index is 980. The average molecular weight is 451 g/mol. The summed E-state index contributed by atoms with van der Waals surface area (Å²) < 4.78 is 10.7. The van der Waals surface area contributed by atoms with E-state index in [4.69, 9.17) is 14.5 Å². The molecule has 0 radical (unpaired) electrons. The van der Waals surface area contributed by atoms with Gasteiger partial charge in [-0.1, -0.05) is 31.2 Å². The molecule has 2 aromatic carbocycles. The van der Waals surface area contributed by atoms with Gasteiger partial charge in [-0.2, -0.15) is 0 Å². The molecule has 3 aromatic rings. The molecule has 0 saturated carbocycles. The molecule has 162 valence electrons. The SMILES string of the molecule is CCNCc1cc2ccccc2nc1-c1cc(CC(=O)OCC)ccc1OC.Cl.Cl. The van der Waals surface area contributed by atoms with Crippen LogP contribution in [0.15, 0.2) is 48.5 Å². The predicted molar refractivity (Wildman–Crippen MR) is 126 cm³/mol. The number of nitrogens with zero attached hydrogens (tertiary/aromatic N) is 1. The van der Waals surface area contributed by atoms with E-state index in [1.807, 2.05) is 43.3 Å². The average Bonchev–Trinajstić information content (AvgIpc) is 2.71. The molecule has 0 atom stereocenters. The molecular weight excluding hydrogens is 423 g/mol. The highest BCUT2D eigenvalue weighted by atomic mass is 35.5. The maximum absolute atomic E-state index is 11.9. The summed E-state index contributed by atoms with van der Waals surface area (Å²) in [4.78, 5) is 16.8. The number of benzene rings is 2. The number of fused-ring (bicyclic) bond motifs is 1. The molecule has 0 spiro atoms. The van der Waals surface area contributed by atoms with Crippen molar-refractivity contribution in [2.75, 3.05) is 20.3 Å². The number of carbonyl (C=O) groups excluding carboxylic acids is 1. The lowest BCUT2D eigenvalue weighted by molar-refractivity contribution is -0.142. The van der Waals surface area contributed by atoms with Crippen LogP contribution in [0.1, 0.15) is 25.0 Å². The summed E-state index contributed by atoms with van der Waals surface area (Å²) in [5.41, 5.74) is 4.63. The minimum Gasteiger partial charge on any atom is -0.496 e. The number of ether oxygens (including phenoxy) is 2. The summed E-state index contributed by atoms with van der Waals surface area (Å²) in [6, 6.07) is 16.0. The van der Waals surface area contributed by atoms with Gasteiger partial charge in [-0.05, 0) is 48.9 Å². The van der Waals surface area contributed by atoms with Gasteiger partial charge in [-0.15, -0.1) is 24.8 Å².